The predicted molar refractivity (Wildman–Crippen MR) is 95.5 cm³/mol. The average molecular weight is 328 g/mol. The van der Waals surface area contributed by atoms with Gasteiger partial charge in [-0.05, 0) is 29.9 Å². The van der Waals surface area contributed by atoms with Gasteiger partial charge >= 0.3 is 0 Å². The van der Waals surface area contributed by atoms with Crippen molar-refractivity contribution in [1.82, 2.24) is 5.32 Å². The second-order valence-corrected chi connectivity index (χ2v) is 7.37. The molecule has 0 saturated heterocycles. The second-order valence-electron chi connectivity index (χ2n) is 6.42. The fourth-order valence-corrected chi connectivity index (χ4v) is 4.48. The molecule has 1 atom stereocenters. The minimum atomic E-state index is -0.597. The molecule has 0 radical (unpaired) electrons. The van der Waals surface area contributed by atoms with Crippen molar-refractivity contribution in [2.75, 3.05) is 6.54 Å². The normalized spacial score (nSPS) is 18.3. The third-order valence-corrected chi connectivity index (χ3v) is 6.01. The van der Waals surface area contributed by atoms with Crippen LogP contribution in [0, 0.1) is 0 Å². The summed E-state index contributed by atoms with van der Waals surface area (Å²) in [5.41, 5.74) is 7.06. The van der Waals surface area contributed by atoms with Crippen molar-refractivity contribution in [3.8, 4) is 0 Å². The van der Waals surface area contributed by atoms with Crippen LogP contribution < -0.4 is 11.1 Å². The average Bonchev–Trinajstić information content (AvgIpc) is 3.16. The van der Waals surface area contributed by atoms with Gasteiger partial charge in [-0.3, -0.25) is 4.79 Å². The van der Waals surface area contributed by atoms with E-state index in [9.17, 15) is 4.79 Å². The van der Waals surface area contributed by atoms with Gasteiger partial charge < -0.3 is 11.1 Å². The van der Waals surface area contributed by atoms with E-state index in [0.717, 1.165) is 18.4 Å². The monoisotopic (exact) mass is 328 g/mol. The van der Waals surface area contributed by atoms with Gasteiger partial charge in [-0.15, -0.1) is 11.3 Å². The van der Waals surface area contributed by atoms with Crippen LogP contribution in [-0.4, -0.2) is 12.5 Å². The lowest BCUT2D eigenvalue weighted by molar-refractivity contribution is -0.122. The zero-order chi connectivity index (χ0) is 16.1. The number of nitrogens with two attached hydrogens (primary N) is 1. The van der Waals surface area contributed by atoms with Gasteiger partial charge in [0.1, 0.15) is 6.04 Å². The van der Waals surface area contributed by atoms with Crippen molar-refractivity contribution in [2.45, 2.75) is 43.6 Å². The van der Waals surface area contributed by atoms with E-state index in [1.807, 2.05) is 30.3 Å². The highest BCUT2D eigenvalue weighted by Gasteiger charge is 2.35. The molecule has 1 heterocycles. The van der Waals surface area contributed by atoms with E-state index >= 15 is 0 Å². The Kier molecular flexibility index (Phi) is 5.13. The molecule has 1 saturated carbocycles. The second kappa shape index (κ2) is 7.28. The van der Waals surface area contributed by atoms with Crippen molar-refractivity contribution < 1.29 is 4.79 Å². The Morgan fingerprint density at radius 2 is 1.87 bits per heavy atom. The highest BCUT2D eigenvalue weighted by Crippen LogP contribution is 2.41. The molecule has 1 aliphatic rings. The van der Waals surface area contributed by atoms with Crippen LogP contribution in [0.1, 0.15) is 48.6 Å². The lowest BCUT2D eigenvalue weighted by Gasteiger charge is -2.37. The van der Waals surface area contributed by atoms with Crippen molar-refractivity contribution in [3.05, 3.63) is 58.3 Å². The van der Waals surface area contributed by atoms with Crippen LogP contribution >= 0.6 is 11.3 Å². The summed E-state index contributed by atoms with van der Waals surface area (Å²) in [4.78, 5) is 13.9. The topological polar surface area (TPSA) is 55.1 Å². The number of carbonyl (C=O) groups is 1. The summed E-state index contributed by atoms with van der Waals surface area (Å²) in [6, 6.07) is 13.3. The molecule has 1 aliphatic carbocycles. The predicted octanol–water partition coefficient (Wildman–Crippen LogP) is 3.77. The Morgan fingerprint density at radius 3 is 2.52 bits per heavy atom. The lowest BCUT2D eigenvalue weighted by Crippen LogP contribution is -2.44. The van der Waals surface area contributed by atoms with Gasteiger partial charge in [0.15, 0.2) is 0 Å². The number of thiophene rings is 1. The maximum atomic E-state index is 12.5. The molecule has 3 N–H and O–H groups in total. The number of benzene rings is 1. The number of nitrogens with one attached hydrogen (secondary N) is 1. The minimum absolute atomic E-state index is 0.0855. The smallest absolute Gasteiger partial charge is 0.241 e. The van der Waals surface area contributed by atoms with Crippen molar-refractivity contribution in [1.29, 1.82) is 0 Å². The number of carbonyl (C=O) groups excluding carboxylic acids is 1. The van der Waals surface area contributed by atoms with E-state index in [-0.39, 0.29) is 11.3 Å². The van der Waals surface area contributed by atoms with E-state index in [2.05, 4.69) is 22.8 Å². The molecule has 1 amide bonds. The van der Waals surface area contributed by atoms with E-state index in [1.54, 1.807) is 11.3 Å². The summed E-state index contributed by atoms with van der Waals surface area (Å²) in [6.45, 7) is 0.687. The van der Waals surface area contributed by atoms with Gasteiger partial charge in [-0.1, -0.05) is 55.7 Å². The van der Waals surface area contributed by atoms with Gasteiger partial charge in [0.25, 0.3) is 0 Å². The number of hydrogen-bond donors (Lipinski definition) is 2. The van der Waals surface area contributed by atoms with Gasteiger partial charge in [-0.25, -0.2) is 0 Å². The summed E-state index contributed by atoms with van der Waals surface area (Å²) in [5, 5.41) is 5.25. The first-order chi connectivity index (χ1) is 11.2. The Hall–Kier alpha value is -1.65. The molecule has 1 fully saturated rings. The zero-order valence-corrected chi connectivity index (χ0v) is 14.1. The molecule has 4 heteroatoms. The summed E-state index contributed by atoms with van der Waals surface area (Å²) in [5.74, 6) is -0.0855. The lowest BCUT2D eigenvalue weighted by atomic mass is 9.73. The SMILES string of the molecule is NC(C(=O)NCC1(c2cccs2)CCCCC1)c1ccccc1. The minimum Gasteiger partial charge on any atom is -0.354 e. The highest BCUT2D eigenvalue weighted by atomic mass is 32.1. The van der Waals surface area contributed by atoms with E-state index in [4.69, 9.17) is 5.73 Å². The molecule has 0 spiro atoms. The molecule has 1 aromatic heterocycles. The number of amides is 1. The largest absolute Gasteiger partial charge is 0.354 e. The van der Waals surface area contributed by atoms with Gasteiger partial charge in [0, 0.05) is 16.8 Å². The molecular weight excluding hydrogens is 304 g/mol. The summed E-state index contributed by atoms with van der Waals surface area (Å²) in [6.07, 6.45) is 6.06. The Balaban J connectivity index is 1.68. The molecule has 0 bridgehead atoms. The van der Waals surface area contributed by atoms with E-state index < -0.39 is 6.04 Å². The summed E-state index contributed by atoms with van der Waals surface area (Å²) < 4.78 is 0. The molecule has 2 aromatic rings. The van der Waals surface area contributed by atoms with Crippen molar-refractivity contribution in [2.24, 2.45) is 5.73 Å². The van der Waals surface area contributed by atoms with Crippen LogP contribution in [0.5, 0.6) is 0 Å². The fourth-order valence-electron chi connectivity index (χ4n) is 3.50. The molecule has 23 heavy (non-hydrogen) atoms. The maximum Gasteiger partial charge on any atom is 0.241 e. The third-order valence-electron chi connectivity index (χ3n) is 4.90. The standard InChI is InChI=1S/C19H24N2OS/c20-17(15-8-3-1-4-9-15)18(22)21-14-19(11-5-2-6-12-19)16-10-7-13-23-16/h1,3-4,7-10,13,17H,2,5-6,11-12,14,20H2,(H,21,22). The zero-order valence-electron chi connectivity index (χ0n) is 13.3. The first-order valence-corrected chi connectivity index (χ1v) is 9.21. The third kappa shape index (κ3) is 3.65. The van der Waals surface area contributed by atoms with Crippen LogP contribution in [0.15, 0.2) is 47.8 Å². The molecule has 3 rings (SSSR count). The van der Waals surface area contributed by atoms with Gasteiger partial charge in [0.05, 0.1) is 0 Å². The van der Waals surface area contributed by atoms with Gasteiger partial charge in [-0.2, -0.15) is 0 Å². The quantitative estimate of drug-likeness (QED) is 0.878. The molecule has 3 nitrogen and oxygen atoms in total. The summed E-state index contributed by atoms with van der Waals surface area (Å²) in [7, 11) is 0. The van der Waals surface area contributed by atoms with E-state index in [1.165, 1.54) is 24.1 Å². The Labute approximate surface area is 141 Å². The van der Waals surface area contributed by atoms with Crippen LogP contribution in [0.25, 0.3) is 0 Å². The molecule has 1 unspecified atom stereocenters. The highest BCUT2D eigenvalue weighted by molar-refractivity contribution is 7.10. The fraction of sp³-hybridized carbons (Fsp3) is 0.421. The van der Waals surface area contributed by atoms with Crippen LogP contribution in [-0.2, 0) is 10.2 Å². The number of hydrogen-bond acceptors (Lipinski definition) is 3. The molecule has 1 aromatic carbocycles. The maximum absolute atomic E-state index is 12.5. The first kappa shape index (κ1) is 16.2. The molecular formula is C19H24N2OS. The van der Waals surface area contributed by atoms with E-state index in [0.29, 0.717) is 6.54 Å². The van der Waals surface area contributed by atoms with Crippen molar-refractivity contribution in [3.63, 3.8) is 0 Å². The van der Waals surface area contributed by atoms with Crippen molar-refractivity contribution >= 4 is 17.2 Å². The first-order valence-electron chi connectivity index (χ1n) is 8.33. The van der Waals surface area contributed by atoms with Crippen LogP contribution in [0.3, 0.4) is 0 Å². The number of rotatable bonds is 5. The summed E-state index contributed by atoms with van der Waals surface area (Å²) >= 11 is 1.80. The van der Waals surface area contributed by atoms with Crippen LogP contribution in [0.2, 0.25) is 0 Å². The molecule has 122 valence electrons. The van der Waals surface area contributed by atoms with Gasteiger partial charge in [0.2, 0.25) is 5.91 Å². The van der Waals surface area contributed by atoms with Crippen LogP contribution in [0.4, 0.5) is 0 Å². The Morgan fingerprint density at radius 1 is 1.13 bits per heavy atom. The molecule has 0 aliphatic heterocycles. The Bertz CT molecular complexity index is 618.